The monoisotopic (exact) mass is 304 g/mol. The SMILES string of the molecule is Cc1cc(OCC2C=CC(=O)N=N2)c(C2CCC2)cc1Cl. The van der Waals surface area contributed by atoms with Crippen molar-refractivity contribution in [2.75, 3.05) is 6.61 Å². The normalized spacial score (nSPS) is 21.4. The minimum absolute atomic E-state index is 0.201. The Morgan fingerprint density at radius 1 is 1.38 bits per heavy atom. The first-order valence-electron chi connectivity index (χ1n) is 7.19. The van der Waals surface area contributed by atoms with Crippen molar-refractivity contribution in [1.82, 2.24) is 0 Å². The molecule has 1 saturated carbocycles. The van der Waals surface area contributed by atoms with Crippen LogP contribution in [0.2, 0.25) is 5.02 Å². The summed E-state index contributed by atoms with van der Waals surface area (Å²) in [7, 11) is 0. The number of amides is 1. The van der Waals surface area contributed by atoms with Crippen molar-refractivity contribution in [2.45, 2.75) is 38.1 Å². The van der Waals surface area contributed by atoms with Gasteiger partial charge in [-0.3, -0.25) is 4.79 Å². The molecule has 0 radical (unpaired) electrons. The molecule has 1 amide bonds. The Morgan fingerprint density at radius 2 is 2.19 bits per heavy atom. The van der Waals surface area contributed by atoms with Gasteiger partial charge in [0.25, 0.3) is 5.91 Å². The van der Waals surface area contributed by atoms with Crippen LogP contribution in [0.4, 0.5) is 0 Å². The van der Waals surface area contributed by atoms with Crippen molar-refractivity contribution in [1.29, 1.82) is 0 Å². The summed E-state index contributed by atoms with van der Waals surface area (Å²) in [4.78, 5) is 11.0. The van der Waals surface area contributed by atoms with E-state index in [1.807, 2.05) is 19.1 Å². The molecule has 1 atom stereocenters. The third-order valence-corrected chi connectivity index (χ3v) is 4.42. The minimum atomic E-state index is -0.316. The zero-order chi connectivity index (χ0) is 14.8. The largest absolute Gasteiger partial charge is 0.491 e. The van der Waals surface area contributed by atoms with E-state index in [0.29, 0.717) is 12.5 Å². The second-order valence-electron chi connectivity index (χ2n) is 5.56. The molecule has 1 heterocycles. The highest BCUT2D eigenvalue weighted by molar-refractivity contribution is 6.31. The maximum Gasteiger partial charge on any atom is 0.287 e. The number of rotatable bonds is 4. The first-order chi connectivity index (χ1) is 10.1. The first-order valence-corrected chi connectivity index (χ1v) is 7.57. The molecule has 21 heavy (non-hydrogen) atoms. The van der Waals surface area contributed by atoms with Gasteiger partial charge in [-0.2, -0.15) is 5.11 Å². The van der Waals surface area contributed by atoms with E-state index in [1.54, 1.807) is 6.08 Å². The van der Waals surface area contributed by atoms with E-state index in [4.69, 9.17) is 16.3 Å². The number of halogens is 1. The lowest BCUT2D eigenvalue weighted by atomic mass is 9.79. The predicted octanol–water partition coefficient (Wildman–Crippen LogP) is 4.21. The van der Waals surface area contributed by atoms with Crippen LogP contribution in [0, 0.1) is 6.92 Å². The molecule has 1 aliphatic carbocycles. The molecule has 1 fully saturated rings. The van der Waals surface area contributed by atoms with Crippen LogP contribution in [0.3, 0.4) is 0 Å². The van der Waals surface area contributed by atoms with Crippen LogP contribution >= 0.6 is 11.6 Å². The zero-order valence-electron chi connectivity index (χ0n) is 11.9. The van der Waals surface area contributed by atoms with Crippen molar-refractivity contribution >= 4 is 17.5 Å². The fourth-order valence-electron chi connectivity index (χ4n) is 2.49. The molecular formula is C16H17ClN2O2. The maximum absolute atomic E-state index is 11.0. The Morgan fingerprint density at radius 3 is 2.81 bits per heavy atom. The molecule has 0 bridgehead atoms. The summed E-state index contributed by atoms with van der Waals surface area (Å²) in [5.74, 6) is 1.11. The predicted molar refractivity (Wildman–Crippen MR) is 81.1 cm³/mol. The smallest absolute Gasteiger partial charge is 0.287 e. The van der Waals surface area contributed by atoms with E-state index in [9.17, 15) is 4.79 Å². The highest BCUT2D eigenvalue weighted by atomic mass is 35.5. The quantitative estimate of drug-likeness (QED) is 0.836. The average molecular weight is 305 g/mol. The molecule has 3 rings (SSSR count). The van der Waals surface area contributed by atoms with Crippen molar-refractivity contribution < 1.29 is 9.53 Å². The summed E-state index contributed by atoms with van der Waals surface area (Å²) in [6.07, 6.45) is 6.79. The number of nitrogens with zero attached hydrogens (tertiary/aromatic N) is 2. The Balaban J connectivity index is 1.75. The lowest BCUT2D eigenvalue weighted by Crippen LogP contribution is -2.18. The summed E-state index contributed by atoms with van der Waals surface area (Å²) >= 11 is 6.24. The minimum Gasteiger partial charge on any atom is -0.491 e. The standard InChI is InChI=1S/C16H17ClN2O2/c1-10-7-15(13(8-14(10)17)11-3-2-4-11)21-9-12-5-6-16(20)19-18-12/h5-8,11-12H,2-4,9H2,1H3. The van der Waals surface area contributed by atoms with Crippen molar-refractivity contribution in [3.8, 4) is 5.75 Å². The van der Waals surface area contributed by atoms with Gasteiger partial charge < -0.3 is 4.74 Å². The van der Waals surface area contributed by atoms with Crippen LogP contribution in [0.1, 0.15) is 36.3 Å². The molecule has 2 aliphatic rings. The van der Waals surface area contributed by atoms with Gasteiger partial charge in [-0.05, 0) is 55.0 Å². The Labute approximate surface area is 128 Å². The number of ether oxygens (including phenoxy) is 1. The van der Waals surface area contributed by atoms with Gasteiger partial charge in [0, 0.05) is 11.1 Å². The van der Waals surface area contributed by atoms with Crippen LogP contribution in [0.5, 0.6) is 5.75 Å². The van der Waals surface area contributed by atoms with Gasteiger partial charge in [-0.25, -0.2) is 0 Å². The van der Waals surface area contributed by atoms with Crippen LogP contribution < -0.4 is 4.74 Å². The number of carbonyl (C=O) groups is 1. The van der Waals surface area contributed by atoms with Crippen LogP contribution in [-0.2, 0) is 4.79 Å². The van der Waals surface area contributed by atoms with Crippen molar-refractivity contribution in [2.24, 2.45) is 10.2 Å². The van der Waals surface area contributed by atoms with Gasteiger partial charge in [-0.1, -0.05) is 18.0 Å². The Kier molecular flexibility index (Phi) is 4.06. The number of aryl methyl sites for hydroxylation is 1. The first kappa shape index (κ1) is 14.3. The molecule has 1 unspecified atom stereocenters. The maximum atomic E-state index is 11.0. The number of benzene rings is 1. The molecule has 1 aliphatic heterocycles. The summed E-state index contributed by atoms with van der Waals surface area (Å²) in [5.41, 5.74) is 2.19. The van der Waals surface area contributed by atoms with Gasteiger partial charge in [-0.15, -0.1) is 5.11 Å². The highest BCUT2D eigenvalue weighted by Gasteiger charge is 2.24. The number of hydrogen-bond acceptors (Lipinski definition) is 3. The van der Waals surface area contributed by atoms with Crippen LogP contribution in [0.15, 0.2) is 34.5 Å². The van der Waals surface area contributed by atoms with E-state index in [2.05, 4.69) is 10.2 Å². The summed E-state index contributed by atoms with van der Waals surface area (Å²) in [6.45, 7) is 2.35. The molecule has 0 N–H and O–H groups in total. The molecule has 5 heteroatoms. The van der Waals surface area contributed by atoms with Gasteiger partial charge in [0.05, 0.1) is 0 Å². The van der Waals surface area contributed by atoms with Crippen LogP contribution in [0.25, 0.3) is 0 Å². The lowest BCUT2D eigenvalue weighted by Gasteiger charge is -2.28. The van der Waals surface area contributed by atoms with Crippen molar-refractivity contribution in [3.63, 3.8) is 0 Å². The fourth-order valence-corrected chi connectivity index (χ4v) is 2.67. The summed E-state index contributed by atoms with van der Waals surface area (Å²) in [6, 6.07) is 3.82. The molecule has 110 valence electrons. The second kappa shape index (κ2) is 5.98. The molecule has 1 aromatic rings. The molecule has 1 aromatic carbocycles. The van der Waals surface area contributed by atoms with E-state index >= 15 is 0 Å². The number of carbonyl (C=O) groups excluding carboxylic acids is 1. The summed E-state index contributed by atoms with van der Waals surface area (Å²) < 4.78 is 5.93. The topological polar surface area (TPSA) is 51.0 Å². The lowest BCUT2D eigenvalue weighted by molar-refractivity contribution is -0.114. The van der Waals surface area contributed by atoms with E-state index in [1.165, 1.54) is 30.9 Å². The molecule has 0 spiro atoms. The fraction of sp³-hybridized carbons (Fsp3) is 0.438. The summed E-state index contributed by atoms with van der Waals surface area (Å²) in [5, 5.41) is 8.23. The molecule has 0 aromatic heterocycles. The molecule has 0 saturated heterocycles. The van der Waals surface area contributed by atoms with Gasteiger partial charge in [0.2, 0.25) is 0 Å². The second-order valence-corrected chi connectivity index (χ2v) is 5.97. The average Bonchev–Trinajstić information content (AvgIpc) is 2.41. The Bertz CT molecular complexity index is 605. The third-order valence-electron chi connectivity index (χ3n) is 4.01. The van der Waals surface area contributed by atoms with E-state index < -0.39 is 0 Å². The molecular weight excluding hydrogens is 288 g/mol. The zero-order valence-corrected chi connectivity index (χ0v) is 12.6. The van der Waals surface area contributed by atoms with Gasteiger partial charge in [0.1, 0.15) is 18.4 Å². The van der Waals surface area contributed by atoms with Gasteiger partial charge >= 0.3 is 0 Å². The Hall–Kier alpha value is -1.68. The third kappa shape index (κ3) is 3.16. The van der Waals surface area contributed by atoms with Crippen molar-refractivity contribution in [3.05, 3.63) is 40.4 Å². The van der Waals surface area contributed by atoms with E-state index in [-0.39, 0.29) is 11.9 Å². The van der Waals surface area contributed by atoms with Crippen LogP contribution in [-0.4, -0.2) is 18.6 Å². The number of hydrogen-bond donors (Lipinski definition) is 0. The molecule has 4 nitrogen and oxygen atoms in total. The van der Waals surface area contributed by atoms with E-state index in [0.717, 1.165) is 16.3 Å². The highest BCUT2D eigenvalue weighted by Crippen LogP contribution is 2.42. The van der Waals surface area contributed by atoms with Gasteiger partial charge in [0.15, 0.2) is 0 Å². The number of azo groups is 1.